The molecule has 0 bridgehead atoms. The van der Waals surface area contributed by atoms with Crippen LogP contribution in [-0.2, 0) is 14.8 Å². The number of benzene rings is 2. The number of rotatable bonds is 5. The molecule has 2 aliphatic rings. The van der Waals surface area contributed by atoms with Gasteiger partial charge in [0.2, 0.25) is 0 Å². The fourth-order valence-corrected chi connectivity index (χ4v) is 4.75. The SMILES string of the molecule is Cl.O=C(NS(=O)(=O)c1cc2c(c([N+](=O)[O-])c1)N[C@H](C1CCOCC1)CO2)c1ccccc1. The lowest BCUT2D eigenvalue weighted by atomic mass is 9.91. The summed E-state index contributed by atoms with van der Waals surface area (Å²) in [5.41, 5.74) is -0.140. The van der Waals surface area contributed by atoms with Crippen molar-refractivity contribution in [2.75, 3.05) is 25.1 Å². The third kappa shape index (κ3) is 4.95. The summed E-state index contributed by atoms with van der Waals surface area (Å²) in [6.45, 7) is 1.49. The van der Waals surface area contributed by atoms with Gasteiger partial charge < -0.3 is 14.8 Å². The van der Waals surface area contributed by atoms with Gasteiger partial charge in [0.05, 0.1) is 15.9 Å². The molecule has 4 rings (SSSR count). The summed E-state index contributed by atoms with van der Waals surface area (Å²) in [5.74, 6) is -0.542. The van der Waals surface area contributed by atoms with E-state index in [0.717, 1.165) is 18.9 Å². The van der Waals surface area contributed by atoms with Gasteiger partial charge in [0.1, 0.15) is 6.61 Å². The van der Waals surface area contributed by atoms with Crippen LogP contribution < -0.4 is 14.8 Å². The second-order valence-electron chi connectivity index (χ2n) is 7.38. The number of nitrogens with zero attached hydrogens (tertiary/aromatic N) is 1. The molecule has 2 N–H and O–H groups in total. The lowest BCUT2D eigenvalue weighted by molar-refractivity contribution is -0.384. The van der Waals surface area contributed by atoms with Crippen LogP contribution >= 0.6 is 12.4 Å². The van der Waals surface area contributed by atoms with E-state index in [4.69, 9.17) is 9.47 Å². The fraction of sp³-hybridized carbons (Fsp3) is 0.350. The number of sulfonamides is 1. The number of hydrogen-bond donors (Lipinski definition) is 2. The van der Waals surface area contributed by atoms with Gasteiger partial charge >= 0.3 is 0 Å². The van der Waals surface area contributed by atoms with Crippen LogP contribution in [0.15, 0.2) is 47.4 Å². The highest BCUT2D eigenvalue weighted by molar-refractivity contribution is 7.90. The maximum absolute atomic E-state index is 12.7. The Kier molecular flexibility index (Phi) is 7.22. The summed E-state index contributed by atoms with van der Waals surface area (Å²) >= 11 is 0. The molecule has 12 heteroatoms. The molecule has 10 nitrogen and oxygen atoms in total. The fourth-order valence-electron chi connectivity index (χ4n) is 3.74. The maximum atomic E-state index is 12.7. The number of nitrogens with one attached hydrogen (secondary N) is 2. The van der Waals surface area contributed by atoms with Crippen LogP contribution in [0.5, 0.6) is 5.75 Å². The molecule has 0 aromatic heterocycles. The van der Waals surface area contributed by atoms with Crippen molar-refractivity contribution in [2.24, 2.45) is 5.92 Å². The summed E-state index contributed by atoms with van der Waals surface area (Å²) in [4.78, 5) is 22.9. The maximum Gasteiger partial charge on any atom is 0.297 e. The highest BCUT2D eigenvalue weighted by Gasteiger charge is 2.34. The van der Waals surface area contributed by atoms with Crippen molar-refractivity contribution < 1.29 is 27.6 Å². The molecule has 2 aromatic carbocycles. The number of carbonyl (C=O) groups is 1. The molecule has 1 fully saturated rings. The van der Waals surface area contributed by atoms with Gasteiger partial charge in [0, 0.05) is 30.9 Å². The van der Waals surface area contributed by atoms with E-state index in [1.54, 1.807) is 18.2 Å². The molecule has 2 heterocycles. The summed E-state index contributed by atoms with van der Waals surface area (Å²) < 4.78 is 38.5. The van der Waals surface area contributed by atoms with E-state index in [1.807, 2.05) is 4.72 Å². The van der Waals surface area contributed by atoms with Crippen molar-refractivity contribution in [1.82, 2.24) is 4.72 Å². The Morgan fingerprint density at radius 3 is 2.50 bits per heavy atom. The Morgan fingerprint density at radius 1 is 1.16 bits per heavy atom. The first-order chi connectivity index (χ1) is 14.8. The van der Waals surface area contributed by atoms with Crippen molar-refractivity contribution in [2.45, 2.75) is 23.8 Å². The van der Waals surface area contributed by atoms with Gasteiger partial charge in [-0.05, 0) is 30.9 Å². The molecule has 32 heavy (non-hydrogen) atoms. The lowest BCUT2D eigenvalue weighted by Gasteiger charge is -2.35. The van der Waals surface area contributed by atoms with Crippen LogP contribution in [0, 0.1) is 16.0 Å². The number of hydrogen-bond acceptors (Lipinski definition) is 8. The molecular formula is C20H22ClN3O7S. The topological polar surface area (TPSA) is 137 Å². The molecular weight excluding hydrogens is 462 g/mol. The van der Waals surface area contributed by atoms with Crippen molar-refractivity contribution in [1.29, 1.82) is 0 Å². The van der Waals surface area contributed by atoms with Crippen molar-refractivity contribution in [3.8, 4) is 5.75 Å². The molecule has 0 radical (unpaired) electrons. The molecule has 1 amide bonds. The first-order valence-corrected chi connectivity index (χ1v) is 11.2. The normalized spacial score (nSPS) is 18.3. The molecule has 1 saturated heterocycles. The van der Waals surface area contributed by atoms with Crippen LogP contribution in [0.2, 0.25) is 0 Å². The zero-order valence-electron chi connectivity index (χ0n) is 16.9. The Hall–Kier alpha value is -2.89. The third-order valence-electron chi connectivity index (χ3n) is 5.41. The Morgan fingerprint density at radius 2 is 1.84 bits per heavy atom. The molecule has 0 unspecified atom stereocenters. The van der Waals surface area contributed by atoms with Gasteiger partial charge in [-0.25, -0.2) is 13.1 Å². The zero-order chi connectivity index (χ0) is 22.0. The number of ether oxygens (including phenoxy) is 2. The van der Waals surface area contributed by atoms with Crippen molar-refractivity contribution in [3.05, 3.63) is 58.1 Å². The number of nitro benzene ring substituents is 1. The van der Waals surface area contributed by atoms with E-state index >= 15 is 0 Å². The standard InChI is InChI=1S/C20H21N3O7S.ClH/c24-20(14-4-2-1-3-5-14)22-31(27,28)15-10-17(23(25)26)19-18(11-15)30-12-16(21-19)13-6-8-29-9-7-13;/h1-5,10-11,13,16,21H,6-9,12H2,(H,22,24);1H/t16-;/m0./s1. The Labute approximate surface area is 190 Å². The van der Waals surface area contributed by atoms with Crippen LogP contribution in [0.3, 0.4) is 0 Å². The number of nitro groups is 1. The van der Waals surface area contributed by atoms with E-state index < -0.39 is 31.4 Å². The van der Waals surface area contributed by atoms with Gasteiger partial charge in [0.25, 0.3) is 21.6 Å². The number of amides is 1. The van der Waals surface area contributed by atoms with E-state index in [1.165, 1.54) is 18.2 Å². The Balaban J connectivity index is 0.00000289. The van der Waals surface area contributed by atoms with Gasteiger partial charge in [-0.15, -0.1) is 12.4 Å². The van der Waals surface area contributed by atoms with Gasteiger partial charge in [-0.3, -0.25) is 14.9 Å². The minimum atomic E-state index is -4.36. The number of anilines is 1. The summed E-state index contributed by atoms with van der Waals surface area (Å²) in [6, 6.07) is 9.79. The minimum Gasteiger partial charge on any atom is -0.489 e. The predicted octanol–water partition coefficient (Wildman–Crippen LogP) is 2.73. The van der Waals surface area contributed by atoms with E-state index in [0.29, 0.717) is 13.2 Å². The van der Waals surface area contributed by atoms with Crippen LogP contribution in [0.1, 0.15) is 23.2 Å². The van der Waals surface area contributed by atoms with Crippen LogP contribution in [0.25, 0.3) is 0 Å². The average molecular weight is 484 g/mol. The quantitative estimate of drug-likeness (QED) is 0.489. The minimum absolute atomic E-state index is 0. The zero-order valence-corrected chi connectivity index (χ0v) is 18.5. The summed E-state index contributed by atoms with van der Waals surface area (Å²) in [7, 11) is -4.36. The van der Waals surface area contributed by atoms with Gasteiger partial charge in [0.15, 0.2) is 11.4 Å². The monoisotopic (exact) mass is 483 g/mol. The first kappa shape index (κ1) is 23.8. The molecule has 0 spiro atoms. The third-order valence-corrected chi connectivity index (χ3v) is 6.72. The van der Waals surface area contributed by atoms with Crippen LogP contribution in [0.4, 0.5) is 11.4 Å². The predicted molar refractivity (Wildman–Crippen MR) is 118 cm³/mol. The Bertz CT molecular complexity index is 1110. The number of fused-ring (bicyclic) bond motifs is 1. The van der Waals surface area contributed by atoms with E-state index in [-0.39, 0.29) is 48.0 Å². The lowest BCUT2D eigenvalue weighted by Crippen LogP contribution is -2.40. The van der Waals surface area contributed by atoms with Gasteiger partial charge in [-0.1, -0.05) is 18.2 Å². The number of halogens is 1. The average Bonchev–Trinajstić information content (AvgIpc) is 2.78. The smallest absolute Gasteiger partial charge is 0.297 e. The molecule has 0 saturated carbocycles. The first-order valence-electron chi connectivity index (χ1n) is 9.77. The second kappa shape index (κ2) is 9.72. The van der Waals surface area contributed by atoms with Crippen molar-refractivity contribution >= 4 is 39.7 Å². The molecule has 172 valence electrons. The van der Waals surface area contributed by atoms with E-state index in [2.05, 4.69) is 5.32 Å². The molecule has 1 atom stereocenters. The van der Waals surface area contributed by atoms with Crippen molar-refractivity contribution in [3.63, 3.8) is 0 Å². The number of carbonyl (C=O) groups excluding carboxylic acids is 1. The van der Waals surface area contributed by atoms with Crippen LogP contribution in [-0.4, -0.2) is 45.1 Å². The molecule has 0 aliphatic carbocycles. The second-order valence-corrected chi connectivity index (χ2v) is 9.07. The molecule has 2 aliphatic heterocycles. The summed E-state index contributed by atoms with van der Waals surface area (Å²) in [6.07, 6.45) is 1.62. The highest BCUT2D eigenvalue weighted by Crippen LogP contribution is 2.41. The highest BCUT2D eigenvalue weighted by atomic mass is 35.5. The van der Waals surface area contributed by atoms with E-state index in [9.17, 15) is 23.3 Å². The molecule has 2 aromatic rings. The van der Waals surface area contributed by atoms with Gasteiger partial charge in [-0.2, -0.15) is 0 Å². The summed E-state index contributed by atoms with van der Waals surface area (Å²) in [5, 5.41) is 14.8. The largest absolute Gasteiger partial charge is 0.489 e.